The van der Waals surface area contributed by atoms with E-state index in [0.717, 1.165) is 57.4 Å². The van der Waals surface area contributed by atoms with Crippen LogP contribution in [-0.2, 0) is 16.0 Å². The topological polar surface area (TPSA) is 68.4 Å². The van der Waals surface area contributed by atoms with Crippen LogP contribution < -0.4 is 5.73 Å². The molecule has 1 aromatic rings. The van der Waals surface area contributed by atoms with Crippen LogP contribution in [0.1, 0.15) is 31.4 Å². The van der Waals surface area contributed by atoms with E-state index in [1.807, 2.05) is 24.4 Å². The summed E-state index contributed by atoms with van der Waals surface area (Å²) in [7, 11) is 1.71. The molecule has 2 rings (SSSR count). The van der Waals surface area contributed by atoms with E-state index in [1.54, 1.807) is 7.11 Å². The van der Waals surface area contributed by atoms with Gasteiger partial charge in [-0.05, 0) is 50.8 Å². The molecule has 122 valence electrons. The van der Waals surface area contributed by atoms with Crippen LogP contribution in [0.15, 0.2) is 24.4 Å². The molecule has 0 aromatic carbocycles. The second-order valence-corrected chi connectivity index (χ2v) is 6.19. The largest absolute Gasteiger partial charge is 0.383 e. The Labute approximate surface area is 132 Å². The Morgan fingerprint density at radius 3 is 3.05 bits per heavy atom. The summed E-state index contributed by atoms with van der Waals surface area (Å²) in [6.07, 6.45) is 6.41. The van der Waals surface area contributed by atoms with Gasteiger partial charge in [0, 0.05) is 32.1 Å². The first-order chi connectivity index (χ1) is 10.7. The number of aromatic nitrogens is 1. The van der Waals surface area contributed by atoms with Crippen LogP contribution in [0.3, 0.4) is 0 Å². The highest BCUT2D eigenvalue weighted by atomic mass is 16.5. The molecule has 1 atom stereocenters. The van der Waals surface area contributed by atoms with Gasteiger partial charge in [0.2, 0.25) is 5.91 Å². The predicted octanol–water partition coefficient (Wildman–Crippen LogP) is 1.62. The zero-order valence-corrected chi connectivity index (χ0v) is 13.5. The summed E-state index contributed by atoms with van der Waals surface area (Å²) in [6.45, 7) is 3.35. The lowest BCUT2D eigenvalue weighted by molar-refractivity contribution is -0.131. The summed E-state index contributed by atoms with van der Waals surface area (Å²) in [6, 6.07) is 5.95. The molecule has 1 aliphatic heterocycles. The molecule has 2 N–H and O–H groups in total. The van der Waals surface area contributed by atoms with Crippen molar-refractivity contribution in [3.8, 4) is 0 Å². The number of hydrogen-bond acceptors (Lipinski definition) is 4. The van der Waals surface area contributed by atoms with Crippen molar-refractivity contribution in [3.05, 3.63) is 30.1 Å². The standard InChI is InChI=1S/C17H27N3O2/c1-22-13-12-20-11-5-9-17(14-20,16(18)21)8-4-7-15-6-2-3-10-19-15/h2-3,6,10H,4-5,7-9,11-14H2,1H3,(H2,18,21)/t17-/m1/s1. The van der Waals surface area contributed by atoms with Crippen molar-refractivity contribution in [1.29, 1.82) is 0 Å². The van der Waals surface area contributed by atoms with Crippen molar-refractivity contribution < 1.29 is 9.53 Å². The van der Waals surface area contributed by atoms with E-state index in [1.165, 1.54) is 0 Å². The van der Waals surface area contributed by atoms with Crippen LogP contribution in [0.25, 0.3) is 0 Å². The molecule has 1 aliphatic rings. The van der Waals surface area contributed by atoms with E-state index < -0.39 is 0 Å². The van der Waals surface area contributed by atoms with Crippen LogP contribution in [0.2, 0.25) is 0 Å². The Bertz CT molecular complexity index is 466. The molecule has 5 heteroatoms. The minimum Gasteiger partial charge on any atom is -0.383 e. The minimum absolute atomic E-state index is 0.157. The molecule has 1 aromatic heterocycles. The predicted molar refractivity (Wildman–Crippen MR) is 86.4 cm³/mol. The molecule has 22 heavy (non-hydrogen) atoms. The van der Waals surface area contributed by atoms with Crippen molar-refractivity contribution in [3.63, 3.8) is 0 Å². The molecule has 0 bridgehead atoms. The fourth-order valence-electron chi connectivity index (χ4n) is 3.32. The Morgan fingerprint density at radius 2 is 2.36 bits per heavy atom. The van der Waals surface area contributed by atoms with Gasteiger partial charge in [-0.1, -0.05) is 6.07 Å². The van der Waals surface area contributed by atoms with Crippen molar-refractivity contribution in [1.82, 2.24) is 9.88 Å². The maximum atomic E-state index is 12.1. The number of pyridine rings is 1. The normalized spacial score (nSPS) is 22.6. The molecule has 0 aliphatic carbocycles. The van der Waals surface area contributed by atoms with E-state index in [0.29, 0.717) is 6.61 Å². The van der Waals surface area contributed by atoms with E-state index in [4.69, 9.17) is 10.5 Å². The van der Waals surface area contributed by atoms with Gasteiger partial charge in [0.05, 0.1) is 12.0 Å². The van der Waals surface area contributed by atoms with E-state index in [9.17, 15) is 4.79 Å². The molecular weight excluding hydrogens is 278 g/mol. The molecule has 2 heterocycles. The maximum absolute atomic E-state index is 12.1. The fraction of sp³-hybridized carbons (Fsp3) is 0.647. The molecule has 1 amide bonds. The number of ether oxygens (including phenoxy) is 1. The summed E-state index contributed by atoms with van der Waals surface area (Å²) in [5, 5.41) is 0. The first-order valence-corrected chi connectivity index (χ1v) is 8.07. The van der Waals surface area contributed by atoms with Crippen LogP contribution >= 0.6 is 0 Å². The van der Waals surface area contributed by atoms with Gasteiger partial charge < -0.3 is 10.5 Å². The third-order valence-electron chi connectivity index (χ3n) is 4.60. The quantitative estimate of drug-likeness (QED) is 0.792. The summed E-state index contributed by atoms with van der Waals surface area (Å²) < 4.78 is 5.15. The minimum atomic E-state index is -0.388. The number of hydrogen-bond donors (Lipinski definition) is 1. The number of carbonyl (C=O) groups is 1. The van der Waals surface area contributed by atoms with Gasteiger partial charge in [-0.3, -0.25) is 14.7 Å². The second kappa shape index (κ2) is 8.25. The smallest absolute Gasteiger partial charge is 0.224 e. The number of piperidine rings is 1. The summed E-state index contributed by atoms with van der Waals surface area (Å²) >= 11 is 0. The lowest BCUT2D eigenvalue weighted by Crippen LogP contribution is -2.51. The van der Waals surface area contributed by atoms with E-state index in [2.05, 4.69) is 9.88 Å². The zero-order chi connectivity index (χ0) is 15.8. The highest BCUT2D eigenvalue weighted by molar-refractivity contribution is 5.81. The Balaban J connectivity index is 1.91. The van der Waals surface area contributed by atoms with Gasteiger partial charge >= 0.3 is 0 Å². The lowest BCUT2D eigenvalue weighted by Gasteiger charge is -2.40. The van der Waals surface area contributed by atoms with Gasteiger partial charge in [0.15, 0.2) is 0 Å². The summed E-state index contributed by atoms with van der Waals surface area (Å²) in [5.74, 6) is -0.157. The van der Waals surface area contributed by atoms with E-state index in [-0.39, 0.29) is 11.3 Å². The van der Waals surface area contributed by atoms with E-state index >= 15 is 0 Å². The Kier molecular flexibility index (Phi) is 6.34. The summed E-state index contributed by atoms with van der Waals surface area (Å²) in [4.78, 5) is 18.7. The van der Waals surface area contributed by atoms with Gasteiger partial charge in [-0.15, -0.1) is 0 Å². The van der Waals surface area contributed by atoms with Crippen molar-refractivity contribution in [2.75, 3.05) is 33.4 Å². The number of nitrogens with zero attached hydrogens (tertiary/aromatic N) is 2. The average Bonchev–Trinajstić information content (AvgIpc) is 2.54. The third-order valence-corrected chi connectivity index (χ3v) is 4.60. The number of carbonyl (C=O) groups excluding carboxylic acids is 1. The first kappa shape index (κ1) is 16.9. The van der Waals surface area contributed by atoms with Crippen LogP contribution in [-0.4, -0.2) is 49.1 Å². The van der Waals surface area contributed by atoms with Crippen LogP contribution in [0.4, 0.5) is 0 Å². The van der Waals surface area contributed by atoms with Crippen LogP contribution in [0, 0.1) is 5.41 Å². The van der Waals surface area contributed by atoms with Gasteiger partial charge in [0.1, 0.15) is 0 Å². The molecule has 0 radical (unpaired) electrons. The van der Waals surface area contributed by atoms with Crippen molar-refractivity contribution in [2.24, 2.45) is 11.1 Å². The van der Waals surface area contributed by atoms with Crippen LogP contribution in [0.5, 0.6) is 0 Å². The number of rotatable bonds is 8. The second-order valence-electron chi connectivity index (χ2n) is 6.19. The van der Waals surface area contributed by atoms with Gasteiger partial charge in [-0.25, -0.2) is 0 Å². The maximum Gasteiger partial charge on any atom is 0.224 e. The third kappa shape index (κ3) is 4.52. The number of nitrogens with two attached hydrogens (primary N) is 1. The van der Waals surface area contributed by atoms with Crippen molar-refractivity contribution in [2.45, 2.75) is 32.1 Å². The monoisotopic (exact) mass is 305 g/mol. The molecule has 0 unspecified atom stereocenters. The molecule has 0 spiro atoms. The molecule has 1 fully saturated rings. The SMILES string of the molecule is COCCN1CCC[C@@](CCCc2ccccn2)(C(N)=O)C1. The number of amides is 1. The fourth-order valence-corrected chi connectivity index (χ4v) is 3.32. The highest BCUT2D eigenvalue weighted by Crippen LogP contribution is 2.34. The average molecular weight is 305 g/mol. The number of likely N-dealkylation sites (tertiary alicyclic amines) is 1. The Hall–Kier alpha value is -1.46. The Morgan fingerprint density at radius 1 is 1.50 bits per heavy atom. The molecular formula is C17H27N3O2. The summed E-state index contributed by atoms with van der Waals surface area (Å²) in [5.41, 5.74) is 6.45. The molecule has 1 saturated heterocycles. The highest BCUT2D eigenvalue weighted by Gasteiger charge is 2.39. The van der Waals surface area contributed by atoms with Crippen molar-refractivity contribution >= 4 is 5.91 Å². The number of aryl methyl sites for hydroxylation is 1. The number of methoxy groups -OCH3 is 1. The lowest BCUT2D eigenvalue weighted by atomic mass is 9.75. The molecule has 0 saturated carbocycles. The van der Waals surface area contributed by atoms with Gasteiger partial charge in [0.25, 0.3) is 0 Å². The first-order valence-electron chi connectivity index (χ1n) is 8.07. The molecule has 5 nitrogen and oxygen atoms in total. The van der Waals surface area contributed by atoms with Gasteiger partial charge in [-0.2, -0.15) is 0 Å². The zero-order valence-electron chi connectivity index (χ0n) is 13.5. The number of primary amides is 1.